The number of aliphatic imine (C=N–C) groups is 1. The summed E-state index contributed by atoms with van der Waals surface area (Å²) >= 11 is 5.46. The van der Waals surface area contributed by atoms with Crippen LogP contribution in [0.4, 0.5) is 0 Å². The van der Waals surface area contributed by atoms with Crippen molar-refractivity contribution < 1.29 is 4.79 Å². The van der Waals surface area contributed by atoms with Crippen LogP contribution in [0.1, 0.15) is 19.8 Å². The van der Waals surface area contributed by atoms with Crippen molar-refractivity contribution in [3.8, 4) is 0 Å². The van der Waals surface area contributed by atoms with Crippen molar-refractivity contribution in [3.05, 3.63) is 12.3 Å². The molecule has 0 saturated carbocycles. The summed E-state index contributed by atoms with van der Waals surface area (Å²) in [5.41, 5.74) is 5.07. The average molecular weight is 348 g/mol. The van der Waals surface area contributed by atoms with Gasteiger partial charge in [0.2, 0.25) is 5.91 Å². The second-order valence-electron chi connectivity index (χ2n) is 6.35. The lowest BCUT2D eigenvalue weighted by Crippen LogP contribution is -2.52. The smallest absolute Gasteiger partial charge is 0.219 e. The molecule has 1 N–H and O–H groups in total. The summed E-state index contributed by atoms with van der Waals surface area (Å²) < 4.78 is 0. The first kappa shape index (κ1) is 17.0. The van der Waals surface area contributed by atoms with E-state index in [0.29, 0.717) is 24.2 Å². The van der Waals surface area contributed by atoms with E-state index in [1.54, 1.807) is 6.92 Å². The second kappa shape index (κ2) is 7.40. The predicted octanol–water partition coefficient (Wildman–Crippen LogP) is 0.444. The van der Waals surface area contributed by atoms with Gasteiger partial charge in [0, 0.05) is 52.3 Å². The highest BCUT2D eigenvalue weighted by atomic mass is 32.1. The molecule has 130 valence electrons. The monoisotopic (exact) mass is 348 g/mol. The fourth-order valence-electron chi connectivity index (χ4n) is 3.27. The highest BCUT2D eigenvalue weighted by Gasteiger charge is 2.30. The Balaban J connectivity index is 1.59. The highest BCUT2D eigenvalue weighted by molar-refractivity contribution is 7.80. The molecule has 0 radical (unpaired) electrons. The van der Waals surface area contributed by atoms with Gasteiger partial charge in [-0.2, -0.15) is 5.10 Å². The maximum absolute atomic E-state index is 11.4. The first-order valence-corrected chi connectivity index (χ1v) is 8.77. The Bertz CT molecular complexity index is 606. The lowest BCUT2D eigenvalue weighted by Gasteiger charge is -2.36. The summed E-state index contributed by atoms with van der Waals surface area (Å²) in [4.78, 5) is 22.1. The van der Waals surface area contributed by atoms with Gasteiger partial charge in [0.1, 0.15) is 0 Å². The summed E-state index contributed by atoms with van der Waals surface area (Å²) in [6.07, 6.45) is 5.80. The molecule has 0 aromatic rings. The third-order valence-corrected chi connectivity index (χ3v) is 5.17. The van der Waals surface area contributed by atoms with Gasteiger partial charge < -0.3 is 9.80 Å². The maximum atomic E-state index is 11.4. The lowest BCUT2D eigenvalue weighted by molar-refractivity contribution is -0.130. The van der Waals surface area contributed by atoms with Crippen LogP contribution in [-0.2, 0) is 4.79 Å². The van der Waals surface area contributed by atoms with E-state index in [1.807, 2.05) is 11.1 Å². The quantitative estimate of drug-likeness (QED) is 0.550. The molecule has 24 heavy (non-hydrogen) atoms. The van der Waals surface area contributed by atoms with Crippen molar-refractivity contribution in [3.63, 3.8) is 0 Å². The number of hydrogen-bond acceptors (Lipinski definition) is 5. The number of fused-ring (bicyclic) bond motifs is 1. The Morgan fingerprint density at radius 3 is 2.71 bits per heavy atom. The molecule has 3 aliphatic rings. The number of likely N-dealkylation sites (tertiary alicyclic amines) is 1. The van der Waals surface area contributed by atoms with Crippen LogP contribution in [0.25, 0.3) is 0 Å². The summed E-state index contributed by atoms with van der Waals surface area (Å²) in [7, 11) is 2.13. The fraction of sp³-hybridized carbons (Fsp3) is 0.625. The lowest BCUT2D eigenvalue weighted by atomic mass is 9.94. The van der Waals surface area contributed by atoms with E-state index in [1.165, 1.54) is 0 Å². The van der Waals surface area contributed by atoms with E-state index < -0.39 is 0 Å². The van der Waals surface area contributed by atoms with Crippen LogP contribution >= 0.6 is 12.2 Å². The molecule has 1 atom stereocenters. The molecular formula is C16H24N6OS. The predicted molar refractivity (Wildman–Crippen MR) is 99.2 cm³/mol. The Kier molecular flexibility index (Phi) is 5.25. The minimum Gasteiger partial charge on any atom is -0.344 e. The summed E-state index contributed by atoms with van der Waals surface area (Å²) in [6, 6.07) is 0.317. The Morgan fingerprint density at radius 1 is 1.29 bits per heavy atom. The number of carbonyl (C=O) groups is 1. The van der Waals surface area contributed by atoms with Gasteiger partial charge in [-0.05, 0) is 25.7 Å². The number of rotatable bonds is 1. The summed E-state index contributed by atoms with van der Waals surface area (Å²) in [6.45, 7) is 5.48. The van der Waals surface area contributed by atoms with Crippen LogP contribution in [0.15, 0.2) is 22.4 Å². The summed E-state index contributed by atoms with van der Waals surface area (Å²) in [5.74, 6) is 0.120. The molecule has 3 aliphatic heterocycles. The van der Waals surface area contributed by atoms with Crippen LogP contribution in [0.3, 0.4) is 0 Å². The van der Waals surface area contributed by atoms with Crippen LogP contribution in [0.5, 0.6) is 0 Å². The molecule has 3 rings (SSSR count). The van der Waals surface area contributed by atoms with E-state index in [9.17, 15) is 4.79 Å². The Labute approximate surface area is 148 Å². The number of nitrogens with zero attached hydrogens (tertiary/aromatic N) is 5. The van der Waals surface area contributed by atoms with Gasteiger partial charge in [0.05, 0.1) is 17.5 Å². The molecule has 1 unspecified atom stereocenters. The van der Waals surface area contributed by atoms with E-state index >= 15 is 0 Å². The number of carbonyl (C=O) groups excluding carboxylic acids is 1. The number of hydrazone groups is 1. The minimum absolute atomic E-state index is 0.120. The molecule has 2 saturated heterocycles. The van der Waals surface area contributed by atoms with Gasteiger partial charge in [-0.15, -0.1) is 0 Å². The topological polar surface area (TPSA) is 63.5 Å². The van der Waals surface area contributed by atoms with Crippen molar-refractivity contribution >= 4 is 34.7 Å². The second-order valence-corrected chi connectivity index (χ2v) is 6.74. The van der Waals surface area contributed by atoms with E-state index in [-0.39, 0.29) is 5.91 Å². The van der Waals surface area contributed by atoms with Crippen molar-refractivity contribution in [2.45, 2.75) is 25.8 Å². The van der Waals surface area contributed by atoms with Crippen molar-refractivity contribution in [1.82, 2.24) is 20.1 Å². The zero-order valence-electron chi connectivity index (χ0n) is 14.2. The number of thiocarbonyl (C=S) groups is 1. The molecule has 3 heterocycles. The van der Waals surface area contributed by atoms with Gasteiger partial charge in [0.15, 0.2) is 5.11 Å². The minimum atomic E-state index is 0.120. The first-order valence-electron chi connectivity index (χ1n) is 8.36. The van der Waals surface area contributed by atoms with Crippen LogP contribution in [-0.4, -0.2) is 83.0 Å². The number of piperazine rings is 1. The number of nitrogens with one attached hydrogen (secondary N) is 1. The Hall–Kier alpha value is -1.80. The van der Waals surface area contributed by atoms with Gasteiger partial charge in [-0.1, -0.05) is 6.08 Å². The third kappa shape index (κ3) is 3.64. The van der Waals surface area contributed by atoms with E-state index in [2.05, 4.69) is 38.4 Å². The molecular weight excluding hydrogens is 324 g/mol. The molecule has 0 bridgehead atoms. The standard InChI is InChI=1S/C16H24N6OS/c1-12(23)21-8-10-22(11-9-21)16(24)19-18-13-5-7-20(2)14-4-3-6-17-15(13)14/h3,6,14H,4-5,7-11H2,1-2H3,(H,19,24)/b18-13-. The highest BCUT2D eigenvalue weighted by Crippen LogP contribution is 2.18. The van der Waals surface area contributed by atoms with Gasteiger partial charge in [0.25, 0.3) is 0 Å². The normalized spacial score (nSPS) is 26.2. The number of piperidine rings is 1. The Morgan fingerprint density at radius 2 is 2.00 bits per heavy atom. The number of hydrogen-bond donors (Lipinski definition) is 1. The van der Waals surface area contributed by atoms with Gasteiger partial charge in [-0.3, -0.25) is 20.1 Å². The zero-order chi connectivity index (χ0) is 17.1. The SMILES string of the molecule is CC(=O)N1CCN(C(=S)N/N=C2/CCN(C)C3CC=CN=C23)CC1. The van der Waals surface area contributed by atoms with Crippen LogP contribution < -0.4 is 5.43 Å². The van der Waals surface area contributed by atoms with Crippen LogP contribution in [0, 0.1) is 0 Å². The molecule has 0 aromatic heterocycles. The summed E-state index contributed by atoms with van der Waals surface area (Å²) in [5, 5.41) is 5.16. The third-order valence-electron chi connectivity index (χ3n) is 4.82. The molecule has 7 nitrogen and oxygen atoms in total. The van der Waals surface area contributed by atoms with Gasteiger partial charge in [-0.25, -0.2) is 0 Å². The molecule has 1 amide bonds. The van der Waals surface area contributed by atoms with E-state index in [0.717, 1.165) is 43.9 Å². The molecule has 0 spiro atoms. The number of amides is 1. The molecule has 8 heteroatoms. The van der Waals surface area contributed by atoms with Crippen molar-refractivity contribution in [2.75, 3.05) is 39.8 Å². The first-order chi connectivity index (χ1) is 11.6. The molecule has 0 aliphatic carbocycles. The molecule has 2 fully saturated rings. The van der Waals surface area contributed by atoms with Crippen molar-refractivity contribution in [1.29, 1.82) is 0 Å². The van der Waals surface area contributed by atoms with E-state index in [4.69, 9.17) is 12.2 Å². The molecule has 0 aromatic carbocycles. The van der Waals surface area contributed by atoms with Crippen LogP contribution in [0.2, 0.25) is 0 Å². The van der Waals surface area contributed by atoms with Gasteiger partial charge >= 0.3 is 0 Å². The fourth-order valence-corrected chi connectivity index (χ4v) is 3.49. The maximum Gasteiger partial charge on any atom is 0.219 e. The average Bonchev–Trinajstić information content (AvgIpc) is 2.61. The van der Waals surface area contributed by atoms with Crippen molar-refractivity contribution in [2.24, 2.45) is 10.1 Å². The largest absolute Gasteiger partial charge is 0.344 e. The zero-order valence-corrected chi connectivity index (χ0v) is 15.1.